The zero-order valence-corrected chi connectivity index (χ0v) is 22.5. The minimum absolute atomic E-state index is 0.129. The van der Waals surface area contributed by atoms with Crippen LogP contribution >= 0.6 is 11.3 Å². The highest BCUT2D eigenvalue weighted by Gasteiger charge is 2.28. The Hall–Kier alpha value is -4.54. The summed E-state index contributed by atoms with van der Waals surface area (Å²) < 4.78 is 0. The number of benzene rings is 2. The van der Waals surface area contributed by atoms with E-state index in [1.807, 2.05) is 46.7 Å². The maximum absolute atomic E-state index is 13.1. The Bertz CT molecular complexity index is 1740. The van der Waals surface area contributed by atoms with Crippen LogP contribution in [0.25, 0.3) is 10.9 Å². The number of carbonyl (C=O) groups excluding carboxylic acids is 1. The molecule has 0 unspecified atom stereocenters. The number of nitrogens with two attached hydrogens (primary N) is 1. The second kappa shape index (κ2) is 10.9. The lowest BCUT2D eigenvalue weighted by atomic mass is 10.0. The van der Waals surface area contributed by atoms with Gasteiger partial charge in [-0.05, 0) is 66.2 Å². The van der Waals surface area contributed by atoms with Crippen LogP contribution in [0.1, 0.15) is 28.1 Å². The summed E-state index contributed by atoms with van der Waals surface area (Å²) >= 11 is 1.36. The molecular weight excluding hydrogens is 524 g/mol. The summed E-state index contributed by atoms with van der Waals surface area (Å²) in [5.74, 6) is -0.217. The highest BCUT2D eigenvalue weighted by atomic mass is 32.1. The van der Waals surface area contributed by atoms with Gasteiger partial charge < -0.3 is 26.6 Å². The highest BCUT2D eigenvalue weighted by molar-refractivity contribution is 7.12. The van der Waals surface area contributed by atoms with Gasteiger partial charge in [-0.2, -0.15) is 0 Å². The summed E-state index contributed by atoms with van der Waals surface area (Å²) in [5.41, 5.74) is 9.81. The van der Waals surface area contributed by atoms with Gasteiger partial charge in [-0.15, -0.1) is 11.3 Å². The van der Waals surface area contributed by atoms with E-state index in [1.165, 1.54) is 11.3 Å². The molecule has 6 rings (SSSR count). The Morgan fingerprint density at radius 2 is 1.73 bits per heavy atom. The molecule has 0 saturated carbocycles. The van der Waals surface area contributed by atoms with E-state index in [4.69, 9.17) is 5.73 Å². The Labute approximate surface area is 234 Å². The number of anilines is 5. The molecule has 1 fully saturated rings. The van der Waals surface area contributed by atoms with Gasteiger partial charge in [-0.25, -0.2) is 0 Å². The zero-order valence-electron chi connectivity index (χ0n) is 21.6. The van der Waals surface area contributed by atoms with Gasteiger partial charge in [-0.3, -0.25) is 19.4 Å². The minimum Gasteiger partial charge on any atom is -0.380 e. The maximum atomic E-state index is 13.1. The largest absolute Gasteiger partial charge is 0.380 e. The second-order valence-electron chi connectivity index (χ2n) is 9.87. The van der Waals surface area contributed by atoms with E-state index in [0.717, 1.165) is 35.0 Å². The molecule has 1 aliphatic rings. The summed E-state index contributed by atoms with van der Waals surface area (Å²) in [6.45, 7) is 1.87. The lowest BCUT2D eigenvalue weighted by Crippen LogP contribution is -2.47. The number of pyridine rings is 1. The van der Waals surface area contributed by atoms with Crippen LogP contribution in [0, 0.1) is 0 Å². The van der Waals surface area contributed by atoms with Crippen LogP contribution in [-0.2, 0) is 6.54 Å². The number of para-hydroxylation sites is 1. The number of thiophene rings is 1. The molecule has 5 N–H and O–H groups in total. The van der Waals surface area contributed by atoms with E-state index in [1.54, 1.807) is 30.5 Å². The van der Waals surface area contributed by atoms with Crippen molar-refractivity contribution in [3.63, 3.8) is 0 Å². The number of aromatic nitrogens is 1. The fourth-order valence-electron chi connectivity index (χ4n) is 5.01. The molecule has 0 atom stereocenters. The normalized spacial score (nSPS) is 14.0. The molecule has 2 aromatic heterocycles. The third-order valence-corrected chi connectivity index (χ3v) is 8.15. The van der Waals surface area contributed by atoms with E-state index in [2.05, 4.69) is 20.9 Å². The molecule has 3 aromatic carbocycles. The molecule has 202 valence electrons. The van der Waals surface area contributed by atoms with Crippen molar-refractivity contribution >= 4 is 56.6 Å². The van der Waals surface area contributed by atoms with E-state index in [0.29, 0.717) is 47.3 Å². The van der Waals surface area contributed by atoms with Crippen LogP contribution < -0.4 is 37.4 Å². The van der Waals surface area contributed by atoms with Crippen molar-refractivity contribution in [3.8, 4) is 0 Å². The fourth-order valence-corrected chi connectivity index (χ4v) is 5.78. The van der Waals surface area contributed by atoms with Crippen LogP contribution in [0.5, 0.6) is 0 Å². The predicted octanol–water partition coefficient (Wildman–Crippen LogP) is 4.43. The summed E-state index contributed by atoms with van der Waals surface area (Å²) in [6, 6.07) is 19.0. The Kier molecular flexibility index (Phi) is 7.02. The highest BCUT2D eigenvalue weighted by Crippen LogP contribution is 2.29. The van der Waals surface area contributed by atoms with Gasteiger partial charge in [0.1, 0.15) is 16.3 Å². The summed E-state index contributed by atoms with van der Waals surface area (Å²) in [4.78, 5) is 44.6. The topological polar surface area (TPSA) is 129 Å². The van der Waals surface area contributed by atoms with Crippen molar-refractivity contribution in [2.45, 2.75) is 25.4 Å². The van der Waals surface area contributed by atoms with Crippen LogP contribution in [-0.4, -0.2) is 30.0 Å². The number of nitrogens with zero attached hydrogens (tertiary/aromatic N) is 2. The molecule has 1 saturated heterocycles. The monoisotopic (exact) mass is 552 g/mol. The van der Waals surface area contributed by atoms with E-state index in [9.17, 15) is 14.4 Å². The van der Waals surface area contributed by atoms with E-state index < -0.39 is 10.9 Å². The lowest BCUT2D eigenvalue weighted by Gasteiger charge is -2.33. The number of hydrogen-bond donors (Lipinski definition) is 4. The summed E-state index contributed by atoms with van der Waals surface area (Å²) in [6.07, 6.45) is 3.36. The van der Waals surface area contributed by atoms with Crippen molar-refractivity contribution in [1.82, 2.24) is 4.98 Å². The molecule has 1 aliphatic heterocycles. The van der Waals surface area contributed by atoms with Crippen LogP contribution in [0.15, 0.2) is 81.8 Å². The third-order valence-electron chi connectivity index (χ3n) is 7.23. The van der Waals surface area contributed by atoms with Crippen molar-refractivity contribution < 1.29 is 4.79 Å². The number of rotatable bonds is 8. The van der Waals surface area contributed by atoms with Crippen molar-refractivity contribution in [3.05, 3.63) is 103 Å². The number of nitrogens with one attached hydrogen (secondary N) is 3. The second-order valence-corrected chi connectivity index (χ2v) is 10.8. The van der Waals surface area contributed by atoms with Crippen LogP contribution in [0.2, 0.25) is 0 Å². The molecule has 0 spiro atoms. The van der Waals surface area contributed by atoms with Crippen molar-refractivity contribution in [2.24, 2.45) is 5.73 Å². The van der Waals surface area contributed by atoms with Gasteiger partial charge in [0.25, 0.3) is 16.8 Å². The number of hydrogen-bond acceptors (Lipinski definition) is 9. The Morgan fingerprint density at radius 3 is 2.52 bits per heavy atom. The van der Waals surface area contributed by atoms with Gasteiger partial charge in [0.15, 0.2) is 0 Å². The summed E-state index contributed by atoms with van der Waals surface area (Å²) in [5, 5.41) is 12.4. The van der Waals surface area contributed by atoms with Gasteiger partial charge in [0.05, 0.1) is 11.2 Å². The van der Waals surface area contributed by atoms with Gasteiger partial charge in [0, 0.05) is 48.6 Å². The lowest BCUT2D eigenvalue weighted by molar-refractivity contribution is 0.103. The Morgan fingerprint density at radius 1 is 0.975 bits per heavy atom. The first-order valence-corrected chi connectivity index (χ1v) is 14.0. The molecule has 5 aromatic rings. The smallest absolute Gasteiger partial charge is 0.267 e. The molecule has 9 nitrogen and oxygen atoms in total. The van der Waals surface area contributed by atoms with Gasteiger partial charge >= 0.3 is 0 Å². The van der Waals surface area contributed by atoms with Gasteiger partial charge in [-0.1, -0.05) is 18.2 Å². The Balaban J connectivity index is 1.10. The maximum Gasteiger partial charge on any atom is 0.267 e. The molecule has 40 heavy (non-hydrogen) atoms. The molecule has 3 heterocycles. The molecule has 0 bridgehead atoms. The van der Waals surface area contributed by atoms with Crippen LogP contribution in [0.4, 0.5) is 28.4 Å². The zero-order chi connectivity index (χ0) is 27.6. The first-order valence-electron chi connectivity index (χ1n) is 13.1. The average molecular weight is 553 g/mol. The average Bonchev–Trinajstić information content (AvgIpc) is 3.46. The van der Waals surface area contributed by atoms with Crippen molar-refractivity contribution in [2.75, 3.05) is 33.9 Å². The number of fused-ring (bicyclic) bond motifs is 1. The molecule has 0 aliphatic carbocycles. The predicted molar refractivity (Wildman–Crippen MR) is 162 cm³/mol. The van der Waals surface area contributed by atoms with Gasteiger partial charge in [0.2, 0.25) is 0 Å². The SMILES string of the molecule is NC1CCN(c2c(Nc3ccc(NC(=O)c4sccc4NCc4ccnc5ccccc45)cc3)c(=O)c2=O)CC1. The minimum atomic E-state index is -0.514. The first kappa shape index (κ1) is 25.7. The van der Waals surface area contributed by atoms with E-state index >= 15 is 0 Å². The molecule has 10 heteroatoms. The number of amides is 1. The molecule has 1 amide bonds. The first-order chi connectivity index (χ1) is 19.5. The summed E-state index contributed by atoms with van der Waals surface area (Å²) in [7, 11) is 0. The fraction of sp³-hybridized carbons (Fsp3) is 0.200. The van der Waals surface area contributed by atoms with Crippen molar-refractivity contribution in [1.29, 1.82) is 0 Å². The molecular formula is C30H28N6O3S. The quantitative estimate of drug-likeness (QED) is 0.208. The number of carbonyl (C=O) groups is 1. The standard InChI is InChI=1S/C30H28N6O3S/c31-19-10-14-36(15-11-19)26-25(27(37)28(26)38)34-20-5-7-21(8-6-20)35-30(39)29-24(12-16-40-29)33-17-18-9-13-32-23-4-2-1-3-22(18)23/h1-9,12-13,16,19,33-34H,10-11,14-15,17,31H2,(H,35,39). The third kappa shape index (κ3) is 5.06. The van der Waals surface area contributed by atoms with E-state index in [-0.39, 0.29) is 11.9 Å². The van der Waals surface area contributed by atoms with Crippen LogP contribution in [0.3, 0.4) is 0 Å². The number of piperidine rings is 1. The molecule has 0 radical (unpaired) electrons.